The minimum atomic E-state index is -0.502. The number of ketones is 1. The first-order valence-electron chi connectivity index (χ1n) is 8.95. The van der Waals surface area contributed by atoms with Crippen molar-refractivity contribution >= 4 is 5.78 Å². The number of fused-ring (bicyclic) bond motifs is 5. The normalized spacial score (nSPS) is 53.5. The molecular weight excluding hydrogens is 272 g/mol. The number of allylic oxidation sites excluding steroid dienone is 4. The van der Waals surface area contributed by atoms with Gasteiger partial charge in [-0.15, -0.1) is 0 Å². The summed E-state index contributed by atoms with van der Waals surface area (Å²) in [6.07, 6.45) is 12.5. The molecule has 2 heteroatoms. The predicted octanol–water partition coefficient (Wildman–Crippen LogP) is 4.05. The lowest BCUT2D eigenvalue weighted by Gasteiger charge is -2.57. The van der Waals surface area contributed by atoms with Crippen LogP contribution in [0.4, 0.5) is 0 Å². The van der Waals surface area contributed by atoms with E-state index in [1.807, 2.05) is 6.08 Å². The molecule has 6 atom stereocenters. The fraction of sp³-hybridized carbons (Fsp3) is 0.750. The van der Waals surface area contributed by atoms with Crippen molar-refractivity contribution < 1.29 is 9.90 Å². The second-order valence-corrected chi connectivity index (χ2v) is 8.87. The second kappa shape index (κ2) is 4.35. The molecule has 3 fully saturated rings. The van der Waals surface area contributed by atoms with E-state index >= 15 is 0 Å². The highest BCUT2D eigenvalue weighted by Crippen LogP contribution is 2.66. The van der Waals surface area contributed by atoms with E-state index in [9.17, 15) is 9.90 Å². The van der Waals surface area contributed by atoms with Crippen molar-refractivity contribution in [3.8, 4) is 0 Å². The van der Waals surface area contributed by atoms with Gasteiger partial charge < -0.3 is 5.11 Å². The molecule has 4 rings (SSSR count). The summed E-state index contributed by atoms with van der Waals surface area (Å²) >= 11 is 0. The number of carbonyl (C=O) groups is 1. The molecule has 0 aromatic heterocycles. The van der Waals surface area contributed by atoms with E-state index in [0.717, 1.165) is 19.3 Å². The average Bonchev–Trinajstić information content (AvgIpc) is 2.70. The van der Waals surface area contributed by atoms with Crippen LogP contribution >= 0.6 is 0 Å². The zero-order valence-corrected chi connectivity index (χ0v) is 14.1. The van der Waals surface area contributed by atoms with Crippen LogP contribution in [0.2, 0.25) is 0 Å². The summed E-state index contributed by atoms with van der Waals surface area (Å²) in [6.45, 7) is 6.73. The highest BCUT2D eigenvalue weighted by Gasteiger charge is 2.61. The molecule has 1 N–H and O–H groups in total. The molecule has 22 heavy (non-hydrogen) atoms. The summed E-state index contributed by atoms with van der Waals surface area (Å²) < 4.78 is 0. The third-order valence-electron chi connectivity index (χ3n) is 8.12. The Bertz CT molecular complexity index is 585. The van der Waals surface area contributed by atoms with Gasteiger partial charge in [0.2, 0.25) is 0 Å². The van der Waals surface area contributed by atoms with Crippen molar-refractivity contribution in [1.29, 1.82) is 0 Å². The maximum absolute atomic E-state index is 11.7. The molecule has 0 unspecified atom stereocenters. The van der Waals surface area contributed by atoms with Crippen molar-refractivity contribution in [2.45, 2.75) is 64.9 Å². The first kappa shape index (κ1) is 14.7. The van der Waals surface area contributed by atoms with Gasteiger partial charge in [-0.1, -0.05) is 25.5 Å². The Hall–Kier alpha value is -0.890. The zero-order valence-electron chi connectivity index (χ0n) is 14.1. The van der Waals surface area contributed by atoms with Crippen LogP contribution in [0.1, 0.15) is 59.3 Å². The van der Waals surface area contributed by atoms with E-state index in [0.29, 0.717) is 17.8 Å². The van der Waals surface area contributed by atoms with Crippen LogP contribution < -0.4 is 0 Å². The lowest BCUT2D eigenvalue weighted by molar-refractivity contribution is -0.114. The Kier molecular flexibility index (Phi) is 2.90. The van der Waals surface area contributed by atoms with Gasteiger partial charge in [-0.05, 0) is 80.8 Å². The lowest BCUT2D eigenvalue weighted by Crippen LogP contribution is -2.53. The summed E-state index contributed by atoms with van der Waals surface area (Å²) in [6, 6.07) is 0. The Balaban J connectivity index is 1.71. The fourth-order valence-corrected chi connectivity index (χ4v) is 6.44. The maximum atomic E-state index is 11.7. The van der Waals surface area contributed by atoms with Crippen molar-refractivity contribution in [3.05, 3.63) is 23.8 Å². The molecule has 4 aliphatic rings. The van der Waals surface area contributed by atoms with E-state index in [4.69, 9.17) is 0 Å². The van der Waals surface area contributed by atoms with Gasteiger partial charge in [0, 0.05) is 5.41 Å². The quantitative estimate of drug-likeness (QED) is 0.733. The molecule has 0 bridgehead atoms. The first-order chi connectivity index (χ1) is 10.3. The second-order valence-electron chi connectivity index (χ2n) is 8.87. The Labute approximate surface area is 133 Å². The minimum absolute atomic E-state index is 0.0760. The highest BCUT2D eigenvalue weighted by molar-refractivity contribution is 6.01. The monoisotopic (exact) mass is 300 g/mol. The molecule has 120 valence electrons. The van der Waals surface area contributed by atoms with E-state index in [2.05, 4.69) is 26.8 Å². The minimum Gasteiger partial charge on any atom is -0.390 e. The Morgan fingerprint density at radius 1 is 1.09 bits per heavy atom. The fourth-order valence-electron chi connectivity index (χ4n) is 6.44. The summed E-state index contributed by atoms with van der Waals surface area (Å²) in [5.74, 6) is 2.15. The topological polar surface area (TPSA) is 37.3 Å². The van der Waals surface area contributed by atoms with Crippen LogP contribution in [0.3, 0.4) is 0 Å². The van der Waals surface area contributed by atoms with Crippen molar-refractivity contribution in [2.24, 2.45) is 28.6 Å². The van der Waals surface area contributed by atoms with Crippen molar-refractivity contribution in [3.63, 3.8) is 0 Å². The first-order valence-corrected chi connectivity index (χ1v) is 8.95. The predicted molar refractivity (Wildman–Crippen MR) is 87.2 cm³/mol. The average molecular weight is 300 g/mol. The standard InChI is InChI=1S/C20H28O2/c1-18-9-6-14(21)12-13(18)4-5-15-16(18)7-10-19(2)17(15)8-11-20(19,3)22/h6,9,12,15-17,22H,4-5,7-8,10-11H2,1-3H3/t15-,16+,17+,18+,19-,20+/m1/s1. The van der Waals surface area contributed by atoms with Crippen LogP contribution in [0.25, 0.3) is 0 Å². The molecule has 0 heterocycles. The van der Waals surface area contributed by atoms with Crippen LogP contribution in [0.5, 0.6) is 0 Å². The van der Waals surface area contributed by atoms with Crippen molar-refractivity contribution in [2.75, 3.05) is 0 Å². The van der Waals surface area contributed by atoms with E-state index in [1.54, 1.807) is 6.08 Å². The van der Waals surface area contributed by atoms with Gasteiger partial charge in [0.05, 0.1) is 5.60 Å². The molecule has 4 aliphatic carbocycles. The number of rotatable bonds is 0. The van der Waals surface area contributed by atoms with Crippen LogP contribution in [0, 0.1) is 28.6 Å². The molecule has 0 aromatic rings. The Morgan fingerprint density at radius 2 is 1.82 bits per heavy atom. The third kappa shape index (κ3) is 1.68. The SMILES string of the molecule is C[C@]12C=CC(=O)C=C1CC[C@@H]1[C@@H]2CC[C@]2(C)[C@H]1CC[C@]2(C)O. The number of hydrogen-bond donors (Lipinski definition) is 1. The summed E-state index contributed by atoms with van der Waals surface area (Å²) in [7, 11) is 0. The molecule has 3 saturated carbocycles. The number of hydrogen-bond acceptors (Lipinski definition) is 2. The van der Waals surface area contributed by atoms with Crippen LogP contribution in [-0.2, 0) is 4.79 Å². The molecule has 0 aromatic carbocycles. The van der Waals surface area contributed by atoms with Gasteiger partial charge in [0.1, 0.15) is 0 Å². The van der Waals surface area contributed by atoms with E-state index in [-0.39, 0.29) is 16.6 Å². The molecule has 0 radical (unpaired) electrons. The molecular formula is C20H28O2. The number of carbonyl (C=O) groups excluding carboxylic acids is 1. The van der Waals surface area contributed by atoms with Gasteiger partial charge >= 0.3 is 0 Å². The molecule has 0 aliphatic heterocycles. The molecule has 0 saturated heterocycles. The lowest BCUT2D eigenvalue weighted by atomic mass is 9.47. The van der Waals surface area contributed by atoms with Crippen molar-refractivity contribution in [1.82, 2.24) is 0 Å². The van der Waals surface area contributed by atoms with Gasteiger partial charge in [0.15, 0.2) is 5.78 Å². The maximum Gasteiger partial charge on any atom is 0.178 e. The highest BCUT2D eigenvalue weighted by atomic mass is 16.3. The van der Waals surface area contributed by atoms with Crippen LogP contribution in [0.15, 0.2) is 23.8 Å². The van der Waals surface area contributed by atoms with Gasteiger partial charge in [-0.25, -0.2) is 0 Å². The smallest absolute Gasteiger partial charge is 0.178 e. The summed E-state index contributed by atoms with van der Waals surface area (Å²) in [5.41, 5.74) is 1.01. The number of aliphatic hydroxyl groups is 1. The van der Waals surface area contributed by atoms with Gasteiger partial charge in [-0.3, -0.25) is 4.79 Å². The van der Waals surface area contributed by atoms with E-state index < -0.39 is 5.60 Å². The Morgan fingerprint density at radius 3 is 2.59 bits per heavy atom. The van der Waals surface area contributed by atoms with Gasteiger partial charge in [0.25, 0.3) is 0 Å². The van der Waals surface area contributed by atoms with E-state index in [1.165, 1.54) is 24.8 Å². The van der Waals surface area contributed by atoms with Gasteiger partial charge in [-0.2, -0.15) is 0 Å². The summed E-state index contributed by atoms with van der Waals surface area (Å²) in [4.78, 5) is 11.7. The third-order valence-corrected chi connectivity index (χ3v) is 8.12. The van der Waals surface area contributed by atoms with Crippen LogP contribution in [-0.4, -0.2) is 16.5 Å². The summed E-state index contributed by atoms with van der Waals surface area (Å²) in [5, 5.41) is 10.9. The molecule has 0 amide bonds. The molecule has 2 nitrogen and oxygen atoms in total. The zero-order chi connectivity index (χ0) is 15.8. The largest absolute Gasteiger partial charge is 0.390 e. The molecule has 0 spiro atoms.